The van der Waals surface area contributed by atoms with Crippen LogP contribution in [-0.4, -0.2) is 43.0 Å². The van der Waals surface area contributed by atoms with Crippen molar-refractivity contribution in [3.63, 3.8) is 0 Å². The number of hydrogen-bond acceptors (Lipinski definition) is 3. The number of nitrogens with zero attached hydrogens (tertiary/aromatic N) is 1. The summed E-state index contributed by atoms with van der Waals surface area (Å²) in [6.45, 7) is 7.22. The molecule has 2 rings (SSSR count). The SMILES string of the molecule is CCC(C)C(C(=O)N1CCNCC1CN)c1ccccc1. The third-order valence-corrected chi connectivity index (χ3v) is 4.54. The fourth-order valence-electron chi connectivity index (χ4n) is 3.05. The smallest absolute Gasteiger partial charge is 0.230 e. The van der Waals surface area contributed by atoms with E-state index in [4.69, 9.17) is 5.73 Å². The second kappa shape index (κ2) is 7.57. The highest BCUT2D eigenvalue weighted by Gasteiger charge is 2.34. The van der Waals surface area contributed by atoms with Gasteiger partial charge >= 0.3 is 0 Å². The van der Waals surface area contributed by atoms with Gasteiger partial charge in [0.05, 0.1) is 12.0 Å². The van der Waals surface area contributed by atoms with Crippen molar-refractivity contribution in [3.05, 3.63) is 35.9 Å². The Bertz CT molecular complexity index is 449. The van der Waals surface area contributed by atoms with E-state index in [1.54, 1.807) is 0 Å². The van der Waals surface area contributed by atoms with Crippen LogP contribution in [0.1, 0.15) is 31.7 Å². The molecular formula is C17H27N3O. The summed E-state index contributed by atoms with van der Waals surface area (Å²) in [5.41, 5.74) is 6.96. The van der Waals surface area contributed by atoms with Gasteiger partial charge in [-0.3, -0.25) is 4.79 Å². The maximum Gasteiger partial charge on any atom is 0.230 e. The van der Waals surface area contributed by atoms with Crippen molar-refractivity contribution in [2.45, 2.75) is 32.2 Å². The number of hydrogen-bond donors (Lipinski definition) is 2. The number of rotatable bonds is 5. The summed E-state index contributed by atoms with van der Waals surface area (Å²) in [4.78, 5) is 15.1. The molecule has 3 N–H and O–H groups in total. The molecular weight excluding hydrogens is 262 g/mol. The predicted molar refractivity (Wildman–Crippen MR) is 86.1 cm³/mol. The lowest BCUT2D eigenvalue weighted by atomic mass is 9.84. The first-order chi connectivity index (χ1) is 10.2. The standard InChI is InChI=1S/C17H27N3O/c1-3-13(2)16(14-7-5-4-6-8-14)17(21)20-10-9-19-12-15(20)11-18/h4-8,13,15-16,19H,3,9-12,18H2,1-2H3. The monoisotopic (exact) mass is 289 g/mol. The van der Waals surface area contributed by atoms with E-state index in [2.05, 4.69) is 31.3 Å². The molecule has 0 aromatic heterocycles. The van der Waals surface area contributed by atoms with E-state index >= 15 is 0 Å². The van der Waals surface area contributed by atoms with E-state index < -0.39 is 0 Å². The lowest BCUT2D eigenvalue weighted by Crippen LogP contribution is -2.57. The molecule has 3 unspecified atom stereocenters. The maximum absolute atomic E-state index is 13.1. The van der Waals surface area contributed by atoms with E-state index in [0.717, 1.165) is 31.6 Å². The lowest BCUT2D eigenvalue weighted by molar-refractivity contribution is -0.137. The molecule has 21 heavy (non-hydrogen) atoms. The van der Waals surface area contributed by atoms with Gasteiger partial charge in [-0.15, -0.1) is 0 Å². The summed E-state index contributed by atoms with van der Waals surface area (Å²) in [5.74, 6) is 0.490. The Morgan fingerprint density at radius 1 is 1.43 bits per heavy atom. The molecule has 0 radical (unpaired) electrons. The van der Waals surface area contributed by atoms with E-state index in [1.165, 1.54) is 0 Å². The lowest BCUT2D eigenvalue weighted by Gasteiger charge is -2.39. The Balaban J connectivity index is 2.25. The molecule has 4 heteroatoms. The van der Waals surface area contributed by atoms with Crippen molar-refractivity contribution in [3.8, 4) is 0 Å². The summed E-state index contributed by atoms with van der Waals surface area (Å²) >= 11 is 0. The van der Waals surface area contributed by atoms with Gasteiger partial charge in [-0.1, -0.05) is 50.6 Å². The van der Waals surface area contributed by atoms with E-state index in [0.29, 0.717) is 12.5 Å². The molecule has 3 atom stereocenters. The average Bonchev–Trinajstić information content (AvgIpc) is 2.55. The number of benzene rings is 1. The largest absolute Gasteiger partial charge is 0.335 e. The van der Waals surface area contributed by atoms with Crippen LogP contribution in [0.5, 0.6) is 0 Å². The summed E-state index contributed by atoms with van der Waals surface area (Å²) in [6, 6.07) is 10.3. The zero-order valence-corrected chi connectivity index (χ0v) is 13.1. The molecule has 116 valence electrons. The molecule has 4 nitrogen and oxygen atoms in total. The highest BCUT2D eigenvalue weighted by Crippen LogP contribution is 2.29. The number of amides is 1. The molecule has 0 saturated carbocycles. The molecule has 1 heterocycles. The first kappa shape index (κ1) is 16.0. The Labute approximate surface area is 127 Å². The number of nitrogens with one attached hydrogen (secondary N) is 1. The third kappa shape index (κ3) is 3.63. The molecule has 1 saturated heterocycles. The van der Waals surface area contributed by atoms with Gasteiger partial charge in [-0.25, -0.2) is 0 Å². The zero-order valence-electron chi connectivity index (χ0n) is 13.1. The summed E-state index contributed by atoms with van der Waals surface area (Å²) in [5, 5.41) is 3.32. The number of carbonyl (C=O) groups is 1. The van der Waals surface area contributed by atoms with Gasteiger partial charge in [0, 0.05) is 26.2 Å². The van der Waals surface area contributed by atoms with Gasteiger partial charge in [-0.05, 0) is 11.5 Å². The highest BCUT2D eigenvalue weighted by molar-refractivity contribution is 5.84. The van der Waals surface area contributed by atoms with E-state index in [9.17, 15) is 4.79 Å². The van der Waals surface area contributed by atoms with Crippen LogP contribution < -0.4 is 11.1 Å². The third-order valence-electron chi connectivity index (χ3n) is 4.54. The zero-order chi connectivity index (χ0) is 15.2. The minimum atomic E-state index is -0.0663. The van der Waals surface area contributed by atoms with Crippen molar-refractivity contribution < 1.29 is 4.79 Å². The van der Waals surface area contributed by atoms with Crippen molar-refractivity contribution in [1.82, 2.24) is 10.2 Å². The Kier molecular flexibility index (Phi) is 5.76. The molecule has 0 spiro atoms. The number of piperazine rings is 1. The molecule has 1 amide bonds. The maximum atomic E-state index is 13.1. The predicted octanol–water partition coefficient (Wildman–Crippen LogP) is 1.58. The van der Waals surface area contributed by atoms with Crippen LogP contribution in [0.25, 0.3) is 0 Å². The minimum Gasteiger partial charge on any atom is -0.335 e. The molecule has 0 bridgehead atoms. The van der Waals surface area contributed by atoms with Gasteiger partial charge in [0.15, 0.2) is 0 Å². The Morgan fingerprint density at radius 2 is 2.14 bits per heavy atom. The van der Waals surface area contributed by atoms with Crippen molar-refractivity contribution in [2.75, 3.05) is 26.2 Å². The van der Waals surface area contributed by atoms with Crippen LogP contribution in [-0.2, 0) is 4.79 Å². The Hall–Kier alpha value is -1.39. The van der Waals surface area contributed by atoms with Crippen LogP contribution in [0.4, 0.5) is 0 Å². The fraction of sp³-hybridized carbons (Fsp3) is 0.588. The first-order valence-corrected chi connectivity index (χ1v) is 7.95. The molecule has 1 aliphatic rings. The van der Waals surface area contributed by atoms with Gasteiger partial charge in [0.25, 0.3) is 0 Å². The van der Waals surface area contributed by atoms with Crippen molar-refractivity contribution in [2.24, 2.45) is 11.7 Å². The molecule has 1 aliphatic heterocycles. The summed E-state index contributed by atoms with van der Waals surface area (Å²) < 4.78 is 0. The molecule has 1 aromatic rings. The van der Waals surface area contributed by atoms with Crippen LogP contribution >= 0.6 is 0 Å². The van der Waals surface area contributed by atoms with E-state index in [-0.39, 0.29) is 17.9 Å². The van der Waals surface area contributed by atoms with Crippen molar-refractivity contribution in [1.29, 1.82) is 0 Å². The fourth-order valence-corrected chi connectivity index (χ4v) is 3.05. The van der Waals surface area contributed by atoms with Crippen LogP contribution in [0.2, 0.25) is 0 Å². The van der Waals surface area contributed by atoms with Crippen LogP contribution in [0.3, 0.4) is 0 Å². The summed E-state index contributed by atoms with van der Waals surface area (Å²) in [7, 11) is 0. The first-order valence-electron chi connectivity index (χ1n) is 7.95. The second-order valence-corrected chi connectivity index (χ2v) is 5.90. The second-order valence-electron chi connectivity index (χ2n) is 5.90. The molecule has 1 fully saturated rings. The van der Waals surface area contributed by atoms with Gasteiger partial charge < -0.3 is 16.0 Å². The minimum absolute atomic E-state index is 0.0663. The van der Waals surface area contributed by atoms with Crippen LogP contribution in [0.15, 0.2) is 30.3 Å². The van der Waals surface area contributed by atoms with E-state index in [1.807, 2.05) is 23.1 Å². The topological polar surface area (TPSA) is 58.4 Å². The number of carbonyl (C=O) groups excluding carboxylic acids is 1. The van der Waals surface area contributed by atoms with Crippen molar-refractivity contribution >= 4 is 5.91 Å². The van der Waals surface area contributed by atoms with Gasteiger partial charge in [0.1, 0.15) is 0 Å². The van der Waals surface area contributed by atoms with Crippen LogP contribution in [0, 0.1) is 5.92 Å². The highest BCUT2D eigenvalue weighted by atomic mass is 16.2. The quantitative estimate of drug-likeness (QED) is 0.865. The number of nitrogens with two attached hydrogens (primary N) is 1. The molecule has 0 aliphatic carbocycles. The summed E-state index contributed by atoms with van der Waals surface area (Å²) in [6.07, 6.45) is 0.991. The normalized spacial score (nSPS) is 21.9. The van der Waals surface area contributed by atoms with Gasteiger partial charge in [0.2, 0.25) is 5.91 Å². The molecule has 1 aromatic carbocycles. The Morgan fingerprint density at radius 3 is 2.76 bits per heavy atom. The van der Waals surface area contributed by atoms with Gasteiger partial charge in [-0.2, -0.15) is 0 Å². The average molecular weight is 289 g/mol.